The van der Waals surface area contributed by atoms with Crippen LogP contribution >= 0.6 is 23.4 Å². The Bertz CT molecular complexity index is 1020. The van der Waals surface area contributed by atoms with Crippen LogP contribution in [0.25, 0.3) is 12.2 Å². The number of carbonyl (C=O) groups excluding carboxylic acids is 3. The fourth-order valence-electron chi connectivity index (χ4n) is 2.68. The van der Waals surface area contributed by atoms with Crippen molar-refractivity contribution < 1.29 is 19.1 Å². The second-order valence-corrected chi connectivity index (χ2v) is 7.72. The first-order valence-corrected chi connectivity index (χ1v) is 10.3. The van der Waals surface area contributed by atoms with Gasteiger partial charge in [0.1, 0.15) is 5.75 Å². The molecule has 1 N–H and O–H groups in total. The molecule has 30 heavy (non-hydrogen) atoms. The van der Waals surface area contributed by atoms with Crippen molar-refractivity contribution in [2.24, 2.45) is 0 Å². The third-order valence-electron chi connectivity index (χ3n) is 4.20. The maximum Gasteiger partial charge on any atom is 0.293 e. The van der Waals surface area contributed by atoms with E-state index in [0.717, 1.165) is 27.8 Å². The van der Waals surface area contributed by atoms with E-state index in [1.54, 1.807) is 61.7 Å². The third-order valence-corrected chi connectivity index (χ3v) is 5.34. The van der Waals surface area contributed by atoms with Crippen molar-refractivity contribution in [1.82, 2.24) is 10.2 Å². The number of ether oxygens (including phenoxy) is 1. The molecule has 0 atom stereocenters. The highest BCUT2D eigenvalue weighted by Gasteiger charge is 2.34. The van der Waals surface area contributed by atoms with Gasteiger partial charge in [-0.05, 0) is 59.3 Å². The first-order chi connectivity index (χ1) is 14.5. The highest BCUT2D eigenvalue weighted by Crippen LogP contribution is 2.32. The third kappa shape index (κ3) is 5.75. The van der Waals surface area contributed by atoms with E-state index in [2.05, 4.69) is 5.32 Å². The van der Waals surface area contributed by atoms with Gasteiger partial charge in [0, 0.05) is 24.2 Å². The number of halogens is 1. The van der Waals surface area contributed by atoms with Gasteiger partial charge in [-0.2, -0.15) is 0 Å². The van der Waals surface area contributed by atoms with Crippen molar-refractivity contribution in [3.05, 3.63) is 75.7 Å². The second kappa shape index (κ2) is 10.1. The first-order valence-electron chi connectivity index (χ1n) is 9.07. The van der Waals surface area contributed by atoms with Gasteiger partial charge in [-0.15, -0.1) is 0 Å². The zero-order valence-corrected chi connectivity index (χ0v) is 17.7. The van der Waals surface area contributed by atoms with Gasteiger partial charge >= 0.3 is 0 Å². The Morgan fingerprint density at radius 2 is 1.93 bits per heavy atom. The van der Waals surface area contributed by atoms with Gasteiger partial charge in [0.15, 0.2) is 0 Å². The van der Waals surface area contributed by atoms with Crippen LogP contribution in [0.15, 0.2) is 59.5 Å². The molecular formula is C22H19ClN2O4S. The van der Waals surface area contributed by atoms with Crippen LogP contribution in [0.1, 0.15) is 11.1 Å². The summed E-state index contributed by atoms with van der Waals surface area (Å²) in [7, 11) is 1.58. The summed E-state index contributed by atoms with van der Waals surface area (Å²) in [5.74, 6) is 0.0145. The molecule has 1 saturated heterocycles. The minimum absolute atomic E-state index is 0.0986. The minimum Gasteiger partial charge on any atom is -0.497 e. The Morgan fingerprint density at radius 1 is 1.17 bits per heavy atom. The molecule has 1 heterocycles. The lowest BCUT2D eigenvalue weighted by Gasteiger charge is -2.12. The van der Waals surface area contributed by atoms with Crippen molar-refractivity contribution in [2.45, 2.75) is 0 Å². The van der Waals surface area contributed by atoms with Crippen LogP contribution in [0, 0.1) is 0 Å². The molecule has 0 spiro atoms. The number of methoxy groups -OCH3 is 1. The van der Waals surface area contributed by atoms with Crippen molar-refractivity contribution in [1.29, 1.82) is 0 Å². The molecule has 6 nitrogen and oxygen atoms in total. The highest BCUT2D eigenvalue weighted by atomic mass is 35.5. The summed E-state index contributed by atoms with van der Waals surface area (Å²) in [6.07, 6.45) is 4.68. The molecule has 0 unspecified atom stereocenters. The predicted octanol–water partition coefficient (Wildman–Crippen LogP) is 4.21. The van der Waals surface area contributed by atoms with E-state index < -0.39 is 0 Å². The number of carbonyl (C=O) groups is 3. The molecule has 3 amide bonds. The Labute approximate surface area is 183 Å². The monoisotopic (exact) mass is 442 g/mol. The molecule has 0 bridgehead atoms. The summed E-state index contributed by atoms with van der Waals surface area (Å²) >= 11 is 6.79. The average Bonchev–Trinajstić information content (AvgIpc) is 3.00. The summed E-state index contributed by atoms with van der Waals surface area (Å²) in [6.45, 7) is 0.258. The van der Waals surface area contributed by atoms with E-state index in [-0.39, 0.29) is 30.1 Å². The fourth-order valence-corrected chi connectivity index (χ4v) is 3.74. The summed E-state index contributed by atoms with van der Waals surface area (Å²) in [5.41, 5.74) is 1.59. The zero-order valence-electron chi connectivity index (χ0n) is 16.1. The number of hydrogen-bond acceptors (Lipinski definition) is 5. The maximum absolute atomic E-state index is 12.5. The number of rotatable bonds is 7. The van der Waals surface area contributed by atoms with Crippen LogP contribution in [0.2, 0.25) is 5.02 Å². The molecule has 2 aromatic rings. The molecule has 2 aromatic carbocycles. The van der Waals surface area contributed by atoms with E-state index in [0.29, 0.717) is 15.7 Å². The Kier molecular flexibility index (Phi) is 7.32. The van der Waals surface area contributed by atoms with Crippen molar-refractivity contribution in [3.8, 4) is 5.75 Å². The number of nitrogens with zero attached hydrogens (tertiary/aromatic N) is 1. The number of benzene rings is 2. The summed E-state index contributed by atoms with van der Waals surface area (Å²) in [5, 5.41) is 2.89. The van der Waals surface area contributed by atoms with E-state index in [1.807, 2.05) is 6.07 Å². The van der Waals surface area contributed by atoms with E-state index >= 15 is 0 Å². The van der Waals surface area contributed by atoms with Gasteiger partial charge in [-0.3, -0.25) is 19.3 Å². The molecular weight excluding hydrogens is 424 g/mol. The minimum atomic E-state index is -0.371. The van der Waals surface area contributed by atoms with Crippen LogP contribution in [-0.2, 0) is 9.59 Å². The van der Waals surface area contributed by atoms with E-state index in [9.17, 15) is 14.4 Å². The molecule has 0 saturated carbocycles. The molecule has 0 aliphatic carbocycles. The number of nitrogens with one attached hydrogen (secondary N) is 1. The molecule has 0 radical (unpaired) electrons. The van der Waals surface area contributed by atoms with Gasteiger partial charge < -0.3 is 10.1 Å². The Morgan fingerprint density at radius 3 is 2.63 bits per heavy atom. The van der Waals surface area contributed by atoms with Crippen LogP contribution in [0.5, 0.6) is 5.75 Å². The van der Waals surface area contributed by atoms with Crippen LogP contribution < -0.4 is 10.1 Å². The molecule has 1 fully saturated rings. The van der Waals surface area contributed by atoms with Gasteiger partial charge in [0.25, 0.3) is 11.1 Å². The van der Waals surface area contributed by atoms with Crippen LogP contribution in [0.4, 0.5) is 4.79 Å². The van der Waals surface area contributed by atoms with Crippen molar-refractivity contribution >= 4 is 52.6 Å². The standard InChI is InChI=1S/C22H19ClN2O4S/c1-29-18-8-5-16(6-9-18)14-19-21(27)25(22(28)30-19)12-11-24-20(26)10-7-15-3-2-4-17(23)13-15/h2-10,13-14H,11-12H2,1H3,(H,24,26). The summed E-state index contributed by atoms with van der Waals surface area (Å²) < 4.78 is 5.11. The molecule has 0 aromatic heterocycles. The smallest absolute Gasteiger partial charge is 0.293 e. The maximum atomic E-state index is 12.5. The lowest BCUT2D eigenvalue weighted by Crippen LogP contribution is -2.36. The Hall–Kier alpha value is -3.03. The normalized spacial score (nSPS) is 15.3. The van der Waals surface area contributed by atoms with Crippen LogP contribution in [0.3, 0.4) is 0 Å². The molecule has 1 aliphatic heterocycles. The Balaban J connectivity index is 1.52. The topological polar surface area (TPSA) is 75.7 Å². The van der Waals surface area contributed by atoms with Gasteiger partial charge in [0.05, 0.1) is 12.0 Å². The lowest BCUT2D eigenvalue weighted by molar-refractivity contribution is -0.123. The van der Waals surface area contributed by atoms with E-state index in [1.165, 1.54) is 6.08 Å². The summed E-state index contributed by atoms with van der Waals surface area (Å²) in [4.78, 5) is 38.1. The number of imide groups is 1. The summed E-state index contributed by atoms with van der Waals surface area (Å²) in [6, 6.07) is 14.3. The molecule has 8 heteroatoms. The number of amides is 3. The predicted molar refractivity (Wildman–Crippen MR) is 119 cm³/mol. The largest absolute Gasteiger partial charge is 0.497 e. The average molecular weight is 443 g/mol. The first kappa shape index (κ1) is 21.7. The SMILES string of the molecule is COc1ccc(C=C2SC(=O)N(CCNC(=O)C=Cc3cccc(Cl)c3)C2=O)cc1. The molecule has 3 rings (SSSR count). The zero-order chi connectivity index (χ0) is 21.5. The van der Waals surface area contributed by atoms with Gasteiger partial charge in [0.2, 0.25) is 5.91 Å². The number of hydrogen-bond donors (Lipinski definition) is 1. The second-order valence-electron chi connectivity index (χ2n) is 6.29. The van der Waals surface area contributed by atoms with Gasteiger partial charge in [-0.1, -0.05) is 35.9 Å². The fraction of sp³-hybridized carbons (Fsp3) is 0.136. The lowest BCUT2D eigenvalue weighted by atomic mass is 10.2. The van der Waals surface area contributed by atoms with E-state index in [4.69, 9.17) is 16.3 Å². The quantitative estimate of drug-likeness (QED) is 0.650. The van der Waals surface area contributed by atoms with Crippen molar-refractivity contribution in [2.75, 3.05) is 20.2 Å². The van der Waals surface area contributed by atoms with Crippen LogP contribution in [-0.4, -0.2) is 42.2 Å². The van der Waals surface area contributed by atoms with Gasteiger partial charge in [-0.25, -0.2) is 0 Å². The highest BCUT2D eigenvalue weighted by molar-refractivity contribution is 8.18. The van der Waals surface area contributed by atoms with Crippen molar-refractivity contribution in [3.63, 3.8) is 0 Å². The molecule has 154 valence electrons. The number of thioether (sulfide) groups is 1. The molecule has 1 aliphatic rings.